The van der Waals surface area contributed by atoms with Crippen molar-refractivity contribution in [1.29, 1.82) is 0 Å². The largest absolute Gasteiger partial charge is 0.369 e. The topological polar surface area (TPSA) is 61.7 Å². The molecule has 2 heterocycles. The monoisotopic (exact) mass is 477 g/mol. The molecule has 0 radical (unpaired) electrons. The first-order chi connectivity index (χ1) is 16.3. The van der Waals surface area contributed by atoms with Crippen molar-refractivity contribution in [2.45, 2.75) is 50.6 Å². The average molecular weight is 478 g/mol. The predicted molar refractivity (Wildman–Crippen MR) is 123 cm³/mol. The second kappa shape index (κ2) is 10.3. The fourth-order valence-electron chi connectivity index (χ4n) is 4.29. The summed E-state index contributed by atoms with van der Waals surface area (Å²) in [5.74, 6) is 0.517. The number of halogens is 4. The third kappa shape index (κ3) is 5.60. The van der Waals surface area contributed by atoms with E-state index in [1.807, 2.05) is 6.07 Å². The maximum Gasteiger partial charge on any atom is 0.281 e. The van der Waals surface area contributed by atoms with Crippen LogP contribution in [0.15, 0.2) is 48.7 Å². The van der Waals surface area contributed by atoms with Gasteiger partial charge in [0.25, 0.3) is 18.8 Å². The van der Waals surface area contributed by atoms with Gasteiger partial charge in [0.2, 0.25) is 0 Å². The summed E-state index contributed by atoms with van der Waals surface area (Å²) in [6.07, 6.45) is -0.515. The van der Waals surface area contributed by atoms with Crippen molar-refractivity contribution in [1.82, 2.24) is 14.7 Å². The zero-order valence-corrected chi connectivity index (χ0v) is 18.7. The molecule has 2 N–H and O–H groups in total. The molecule has 0 spiro atoms. The number of imidazole rings is 1. The minimum absolute atomic E-state index is 0.0289. The highest BCUT2D eigenvalue weighted by atomic mass is 19.3. The zero-order valence-electron chi connectivity index (χ0n) is 18.7. The van der Waals surface area contributed by atoms with Crippen LogP contribution in [0.25, 0.3) is 5.65 Å². The Labute approximate surface area is 195 Å². The van der Waals surface area contributed by atoms with Crippen molar-refractivity contribution < 1.29 is 22.4 Å². The Morgan fingerprint density at radius 1 is 1.06 bits per heavy atom. The van der Waals surface area contributed by atoms with Gasteiger partial charge in [-0.25, -0.2) is 22.5 Å². The van der Waals surface area contributed by atoms with Gasteiger partial charge in [-0.15, -0.1) is 0 Å². The summed E-state index contributed by atoms with van der Waals surface area (Å²) in [6.45, 7) is -0.369. The Hall–Kier alpha value is -3.30. The molecule has 1 amide bonds. The van der Waals surface area contributed by atoms with Crippen molar-refractivity contribution in [2.75, 3.05) is 23.8 Å². The normalized spacial score (nSPS) is 18.4. The van der Waals surface area contributed by atoms with E-state index in [2.05, 4.69) is 15.6 Å². The van der Waals surface area contributed by atoms with Crippen LogP contribution >= 0.6 is 0 Å². The van der Waals surface area contributed by atoms with E-state index >= 15 is 0 Å². The SMILES string of the molecule is CN(CC(F)F)c1ccc(C(=O)N[C@H]2CC[C@@H](Nc3cccc4nc(C(F)F)cn34)CC2)cc1. The maximum atomic E-state index is 13.0. The molecule has 0 aliphatic heterocycles. The number of nitrogens with zero attached hydrogens (tertiary/aromatic N) is 3. The summed E-state index contributed by atoms with van der Waals surface area (Å²) >= 11 is 0. The number of hydrogen-bond acceptors (Lipinski definition) is 4. The van der Waals surface area contributed by atoms with E-state index in [1.54, 1.807) is 47.8 Å². The van der Waals surface area contributed by atoms with Crippen molar-refractivity contribution in [3.8, 4) is 0 Å². The second-order valence-corrected chi connectivity index (χ2v) is 8.59. The highest BCUT2D eigenvalue weighted by molar-refractivity contribution is 5.94. The number of carbonyl (C=O) groups is 1. The van der Waals surface area contributed by atoms with Gasteiger partial charge in [0.15, 0.2) is 0 Å². The number of carbonyl (C=O) groups excluding carboxylic acids is 1. The van der Waals surface area contributed by atoms with Crippen LogP contribution in [0.2, 0.25) is 0 Å². The highest BCUT2D eigenvalue weighted by Gasteiger charge is 2.24. The lowest BCUT2D eigenvalue weighted by Crippen LogP contribution is -2.40. The molecule has 6 nitrogen and oxygen atoms in total. The molecule has 0 saturated heterocycles. The van der Waals surface area contributed by atoms with Gasteiger partial charge < -0.3 is 15.5 Å². The minimum atomic E-state index is -2.62. The molecule has 2 aromatic heterocycles. The number of aromatic nitrogens is 2. The molecule has 34 heavy (non-hydrogen) atoms. The Morgan fingerprint density at radius 2 is 1.74 bits per heavy atom. The lowest BCUT2D eigenvalue weighted by Gasteiger charge is -2.30. The standard InChI is InChI=1S/C24H27F4N5O/c1-32(14-20(25)26)18-11-5-15(6-12-18)24(34)30-17-9-7-16(8-10-17)29-21-3-2-4-22-31-19(23(27)28)13-33(21)22/h2-6,11-13,16-17,20,23,29H,7-10,14H2,1H3,(H,30,34)/t16-,17+. The smallest absolute Gasteiger partial charge is 0.281 e. The molecule has 0 bridgehead atoms. The summed E-state index contributed by atoms with van der Waals surface area (Å²) in [4.78, 5) is 18.0. The Kier molecular flexibility index (Phi) is 7.23. The molecule has 4 rings (SSSR count). The quantitative estimate of drug-likeness (QED) is 0.442. The van der Waals surface area contributed by atoms with Gasteiger partial charge in [-0.2, -0.15) is 0 Å². The van der Waals surface area contributed by atoms with Crippen LogP contribution in [0.3, 0.4) is 0 Å². The number of fused-ring (bicyclic) bond motifs is 1. The molecule has 0 atom stereocenters. The number of alkyl halides is 4. The summed E-state index contributed by atoms with van der Waals surface area (Å²) in [5, 5.41) is 6.47. The summed E-state index contributed by atoms with van der Waals surface area (Å²) in [5.41, 5.74) is 1.31. The van der Waals surface area contributed by atoms with Crippen LogP contribution in [-0.4, -0.2) is 47.4 Å². The number of hydrogen-bond donors (Lipinski definition) is 2. The van der Waals surface area contributed by atoms with Gasteiger partial charge in [0.1, 0.15) is 17.2 Å². The van der Waals surface area contributed by atoms with E-state index in [-0.39, 0.29) is 30.2 Å². The molecular formula is C24H27F4N5O. The second-order valence-electron chi connectivity index (χ2n) is 8.59. The van der Waals surface area contributed by atoms with Crippen LogP contribution in [0.5, 0.6) is 0 Å². The van der Waals surface area contributed by atoms with Gasteiger partial charge in [-0.05, 0) is 62.1 Å². The van der Waals surface area contributed by atoms with Gasteiger partial charge in [-0.3, -0.25) is 9.20 Å². The third-order valence-corrected chi connectivity index (χ3v) is 6.13. The summed E-state index contributed by atoms with van der Waals surface area (Å²) < 4.78 is 52.7. The first-order valence-corrected chi connectivity index (χ1v) is 11.2. The van der Waals surface area contributed by atoms with Gasteiger partial charge in [-0.1, -0.05) is 6.07 Å². The molecule has 1 aliphatic carbocycles. The van der Waals surface area contributed by atoms with Crippen LogP contribution < -0.4 is 15.5 Å². The third-order valence-electron chi connectivity index (χ3n) is 6.13. The molecule has 182 valence electrons. The predicted octanol–water partition coefficient (Wildman–Crippen LogP) is 5.13. The van der Waals surface area contributed by atoms with Crippen molar-refractivity contribution in [2.24, 2.45) is 0 Å². The number of amides is 1. The van der Waals surface area contributed by atoms with Crippen molar-refractivity contribution in [3.05, 3.63) is 59.9 Å². The summed E-state index contributed by atoms with van der Waals surface area (Å²) in [7, 11) is 1.58. The molecule has 1 aliphatic rings. The van der Waals surface area contributed by atoms with E-state index in [9.17, 15) is 22.4 Å². The van der Waals surface area contributed by atoms with Gasteiger partial charge >= 0.3 is 0 Å². The van der Waals surface area contributed by atoms with E-state index in [0.717, 1.165) is 25.7 Å². The van der Waals surface area contributed by atoms with E-state index < -0.39 is 12.9 Å². The van der Waals surface area contributed by atoms with Crippen LogP contribution in [0.1, 0.15) is 48.2 Å². The Balaban J connectivity index is 1.30. The van der Waals surface area contributed by atoms with Crippen LogP contribution in [0, 0.1) is 0 Å². The molecule has 10 heteroatoms. The maximum absolute atomic E-state index is 13.0. The number of benzene rings is 1. The number of rotatable bonds is 8. The molecular weight excluding hydrogens is 450 g/mol. The molecule has 1 saturated carbocycles. The fraction of sp³-hybridized carbons (Fsp3) is 0.417. The molecule has 3 aromatic rings. The molecule has 1 aromatic carbocycles. The molecule has 0 unspecified atom stereocenters. The first-order valence-electron chi connectivity index (χ1n) is 11.2. The zero-order chi connectivity index (χ0) is 24.2. The average Bonchev–Trinajstić information content (AvgIpc) is 3.26. The number of nitrogens with one attached hydrogen (secondary N) is 2. The number of anilines is 2. The van der Waals surface area contributed by atoms with Gasteiger partial charge in [0, 0.05) is 36.6 Å². The Bertz CT molecular complexity index is 1110. The fourth-order valence-corrected chi connectivity index (χ4v) is 4.29. The summed E-state index contributed by atoms with van der Waals surface area (Å²) in [6, 6.07) is 12.1. The van der Waals surface area contributed by atoms with Crippen molar-refractivity contribution >= 4 is 23.1 Å². The van der Waals surface area contributed by atoms with Crippen molar-refractivity contribution in [3.63, 3.8) is 0 Å². The highest BCUT2D eigenvalue weighted by Crippen LogP contribution is 2.25. The number of pyridine rings is 1. The Morgan fingerprint density at radius 3 is 2.38 bits per heavy atom. The first kappa shape index (κ1) is 23.8. The van der Waals surface area contributed by atoms with E-state index in [4.69, 9.17) is 0 Å². The van der Waals surface area contributed by atoms with E-state index in [0.29, 0.717) is 22.7 Å². The lowest BCUT2D eigenvalue weighted by molar-refractivity contribution is 0.0926. The minimum Gasteiger partial charge on any atom is -0.369 e. The van der Waals surface area contributed by atoms with Gasteiger partial charge in [0.05, 0.1) is 6.54 Å². The van der Waals surface area contributed by atoms with Crippen LogP contribution in [0.4, 0.5) is 29.1 Å². The molecule has 1 fully saturated rings. The van der Waals surface area contributed by atoms with E-state index in [1.165, 1.54) is 11.1 Å². The van der Waals surface area contributed by atoms with Crippen LogP contribution in [-0.2, 0) is 0 Å². The lowest BCUT2D eigenvalue weighted by atomic mass is 9.91.